The zero-order valence-electron chi connectivity index (χ0n) is 11.1. The Labute approximate surface area is 105 Å². The molecule has 2 heterocycles. The highest BCUT2D eigenvalue weighted by Crippen LogP contribution is 1.90. The second-order valence-corrected chi connectivity index (χ2v) is 3.76. The van der Waals surface area contributed by atoms with Gasteiger partial charge in [-0.25, -0.2) is 24.7 Å². The number of nitrogens with one attached hydrogen (secondary N) is 1. The van der Waals surface area contributed by atoms with E-state index < -0.39 is 0 Å². The van der Waals surface area contributed by atoms with Gasteiger partial charge in [-0.05, 0) is 34.6 Å². The van der Waals surface area contributed by atoms with Crippen molar-refractivity contribution in [2.24, 2.45) is 0 Å². The summed E-state index contributed by atoms with van der Waals surface area (Å²) in [6.45, 7) is 8.99. The lowest BCUT2D eigenvalue weighted by atomic mass is 10.6. The molecule has 96 valence electrons. The number of hydrogen-bond acceptors (Lipinski definition) is 6. The first-order chi connectivity index (χ1) is 8.36. The third kappa shape index (κ3) is 4.77. The molecule has 0 amide bonds. The SMILES string of the molecule is Cc1nc(C)[nH]c(=O)n1.Cc1nc(C)nc(C)n1. The van der Waals surface area contributed by atoms with Crippen molar-refractivity contribution in [1.29, 1.82) is 0 Å². The van der Waals surface area contributed by atoms with E-state index in [-0.39, 0.29) is 5.69 Å². The number of nitrogens with zero attached hydrogens (tertiary/aromatic N) is 5. The molecule has 0 bridgehead atoms. The topological polar surface area (TPSA) is 97.3 Å². The summed E-state index contributed by atoms with van der Waals surface area (Å²) in [5.74, 6) is 3.49. The van der Waals surface area contributed by atoms with E-state index in [0.29, 0.717) is 11.6 Å². The first-order valence-corrected chi connectivity index (χ1v) is 5.44. The van der Waals surface area contributed by atoms with Gasteiger partial charge >= 0.3 is 5.69 Å². The zero-order chi connectivity index (χ0) is 13.7. The summed E-state index contributed by atoms with van der Waals surface area (Å²) >= 11 is 0. The van der Waals surface area contributed by atoms with E-state index in [1.165, 1.54) is 0 Å². The molecule has 0 fully saturated rings. The van der Waals surface area contributed by atoms with E-state index in [9.17, 15) is 4.79 Å². The average molecular weight is 248 g/mol. The first kappa shape index (κ1) is 13.9. The Bertz CT molecular complexity index is 519. The van der Waals surface area contributed by atoms with E-state index in [2.05, 4.69) is 29.9 Å². The molecular weight excluding hydrogens is 232 g/mol. The van der Waals surface area contributed by atoms with Crippen molar-refractivity contribution < 1.29 is 0 Å². The standard InChI is InChI=1S/C6H9N3.C5H7N3O/c1-4-7-5(2)9-6(3)8-4;1-3-6-4(2)8-5(9)7-3/h1-3H3;1-2H3,(H,6,7,8,9). The van der Waals surface area contributed by atoms with Gasteiger partial charge in [0.2, 0.25) is 0 Å². The molecule has 0 aliphatic heterocycles. The molecular formula is C11H16N6O. The van der Waals surface area contributed by atoms with Crippen molar-refractivity contribution in [2.45, 2.75) is 34.6 Å². The monoisotopic (exact) mass is 248 g/mol. The number of H-pyrrole nitrogens is 1. The summed E-state index contributed by atoms with van der Waals surface area (Å²) < 4.78 is 0. The summed E-state index contributed by atoms with van der Waals surface area (Å²) in [5, 5.41) is 0. The van der Waals surface area contributed by atoms with Crippen LogP contribution < -0.4 is 5.69 Å². The molecule has 0 radical (unpaired) electrons. The Kier molecular flexibility index (Phi) is 4.59. The van der Waals surface area contributed by atoms with Crippen molar-refractivity contribution in [3.8, 4) is 0 Å². The third-order valence-corrected chi connectivity index (χ3v) is 1.85. The molecule has 2 rings (SSSR count). The number of aromatic amines is 1. The second kappa shape index (κ2) is 5.95. The highest BCUT2D eigenvalue weighted by atomic mass is 16.1. The van der Waals surface area contributed by atoms with Crippen LogP contribution in [0.4, 0.5) is 0 Å². The molecule has 2 aromatic rings. The summed E-state index contributed by atoms with van der Waals surface area (Å²) in [6, 6.07) is 0. The number of aryl methyl sites for hydroxylation is 5. The third-order valence-electron chi connectivity index (χ3n) is 1.85. The van der Waals surface area contributed by atoms with Crippen LogP contribution in [0.15, 0.2) is 4.79 Å². The minimum absolute atomic E-state index is 0.333. The molecule has 0 aliphatic rings. The van der Waals surface area contributed by atoms with Gasteiger partial charge in [0.1, 0.15) is 29.1 Å². The van der Waals surface area contributed by atoms with Crippen molar-refractivity contribution in [1.82, 2.24) is 29.9 Å². The van der Waals surface area contributed by atoms with Crippen LogP contribution in [0, 0.1) is 34.6 Å². The molecule has 0 spiro atoms. The average Bonchev–Trinajstić information content (AvgIpc) is 2.12. The molecule has 0 atom stereocenters. The molecule has 0 aliphatic carbocycles. The summed E-state index contributed by atoms with van der Waals surface area (Å²) in [5.41, 5.74) is -0.333. The quantitative estimate of drug-likeness (QED) is 0.732. The molecule has 18 heavy (non-hydrogen) atoms. The van der Waals surface area contributed by atoms with Crippen molar-refractivity contribution >= 4 is 0 Å². The lowest BCUT2D eigenvalue weighted by Crippen LogP contribution is -2.14. The molecule has 0 saturated carbocycles. The van der Waals surface area contributed by atoms with Gasteiger partial charge in [0, 0.05) is 0 Å². The minimum atomic E-state index is -0.333. The van der Waals surface area contributed by atoms with Crippen molar-refractivity contribution in [3.63, 3.8) is 0 Å². The lowest BCUT2D eigenvalue weighted by molar-refractivity contribution is 0.875. The fourth-order valence-corrected chi connectivity index (χ4v) is 1.40. The van der Waals surface area contributed by atoms with Crippen LogP contribution in [0.1, 0.15) is 29.1 Å². The van der Waals surface area contributed by atoms with Crippen molar-refractivity contribution in [2.75, 3.05) is 0 Å². The van der Waals surface area contributed by atoms with Gasteiger partial charge in [-0.1, -0.05) is 0 Å². The van der Waals surface area contributed by atoms with E-state index in [0.717, 1.165) is 17.5 Å². The van der Waals surface area contributed by atoms with Crippen LogP contribution in [0.2, 0.25) is 0 Å². The normalized spacial score (nSPS) is 9.61. The maximum Gasteiger partial charge on any atom is 0.348 e. The molecule has 0 saturated heterocycles. The van der Waals surface area contributed by atoms with Crippen LogP contribution in [0.5, 0.6) is 0 Å². The largest absolute Gasteiger partial charge is 0.348 e. The number of hydrogen-bond donors (Lipinski definition) is 1. The van der Waals surface area contributed by atoms with E-state index in [4.69, 9.17) is 0 Å². The summed E-state index contributed by atoms with van der Waals surface area (Å²) in [7, 11) is 0. The minimum Gasteiger partial charge on any atom is -0.294 e. The Hall–Kier alpha value is -2.18. The maximum atomic E-state index is 10.5. The van der Waals surface area contributed by atoms with Gasteiger partial charge in [-0.15, -0.1) is 0 Å². The van der Waals surface area contributed by atoms with Gasteiger partial charge in [0.15, 0.2) is 0 Å². The van der Waals surface area contributed by atoms with Gasteiger partial charge in [-0.3, -0.25) is 4.98 Å². The van der Waals surface area contributed by atoms with Gasteiger partial charge in [0.25, 0.3) is 0 Å². The summed E-state index contributed by atoms with van der Waals surface area (Å²) in [6.07, 6.45) is 0. The van der Waals surface area contributed by atoms with Crippen molar-refractivity contribution in [3.05, 3.63) is 39.6 Å². The second-order valence-electron chi connectivity index (χ2n) is 3.76. The van der Waals surface area contributed by atoms with Crippen LogP contribution in [-0.2, 0) is 0 Å². The fourth-order valence-electron chi connectivity index (χ4n) is 1.40. The Morgan fingerprint density at radius 3 is 1.39 bits per heavy atom. The predicted molar refractivity (Wildman–Crippen MR) is 66.2 cm³/mol. The highest BCUT2D eigenvalue weighted by Gasteiger charge is 1.92. The predicted octanol–water partition coefficient (Wildman–Crippen LogP) is 0.579. The van der Waals surface area contributed by atoms with Gasteiger partial charge < -0.3 is 0 Å². The maximum absolute atomic E-state index is 10.5. The molecule has 0 unspecified atom stereocenters. The molecule has 7 nitrogen and oxygen atoms in total. The fraction of sp³-hybridized carbons (Fsp3) is 0.455. The van der Waals surface area contributed by atoms with E-state index >= 15 is 0 Å². The van der Waals surface area contributed by atoms with E-state index in [1.54, 1.807) is 13.8 Å². The molecule has 7 heteroatoms. The van der Waals surface area contributed by atoms with Crippen LogP contribution in [0.25, 0.3) is 0 Å². The Morgan fingerprint density at radius 1 is 0.667 bits per heavy atom. The smallest absolute Gasteiger partial charge is 0.294 e. The number of aromatic nitrogens is 6. The molecule has 2 aromatic heterocycles. The number of rotatable bonds is 0. The van der Waals surface area contributed by atoms with E-state index in [1.807, 2.05) is 20.8 Å². The Morgan fingerprint density at radius 2 is 1.06 bits per heavy atom. The Balaban J connectivity index is 0.000000180. The molecule has 0 aromatic carbocycles. The van der Waals surface area contributed by atoms with Crippen LogP contribution >= 0.6 is 0 Å². The first-order valence-electron chi connectivity index (χ1n) is 5.44. The molecule has 1 N–H and O–H groups in total. The van der Waals surface area contributed by atoms with Crippen LogP contribution in [0.3, 0.4) is 0 Å². The highest BCUT2D eigenvalue weighted by molar-refractivity contribution is 4.91. The van der Waals surface area contributed by atoms with Gasteiger partial charge in [0.05, 0.1) is 0 Å². The van der Waals surface area contributed by atoms with Gasteiger partial charge in [-0.2, -0.15) is 4.98 Å². The lowest BCUT2D eigenvalue weighted by Gasteiger charge is -1.94. The van der Waals surface area contributed by atoms with Crippen LogP contribution in [-0.4, -0.2) is 29.9 Å². The summed E-state index contributed by atoms with van der Waals surface area (Å²) in [4.78, 5) is 32.4. The zero-order valence-corrected chi connectivity index (χ0v) is 11.1.